The average molecular weight is 447 g/mol. The number of hydrogen-bond acceptors (Lipinski definition) is 4. The van der Waals surface area contributed by atoms with Crippen LogP contribution in [0.1, 0.15) is 32.3 Å². The molecule has 0 spiro atoms. The van der Waals surface area contributed by atoms with Gasteiger partial charge in [0.1, 0.15) is 6.10 Å². The smallest absolute Gasteiger partial charge is 0.310 e. The molecular weight excluding hydrogens is 424 g/mol. The minimum atomic E-state index is -0.248. The Morgan fingerprint density at radius 2 is 2.07 bits per heavy atom. The molecular formula is C22H23BrO3S. The number of esters is 1. The Morgan fingerprint density at radius 3 is 2.81 bits per heavy atom. The van der Waals surface area contributed by atoms with Gasteiger partial charge in [-0.15, -0.1) is 11.8 Å². The van der Waals surface area contributed by atoms with Crippen molar-refractivity contribution in [1.82, 2.24) is 0 Å². The molecule has 0 amide bonds. The molecule has 27 heavy (non-hydrogen) atoms. The van der Waals surface area contributed by atoms with Gasteiger partial charge in [-0.3, -0.25) is 9.59 Å². The number of fused-ring (bicyclic) bond motifs is 3. The Balaban J connectivity index is 1.57. The molecule has 2 fully saturated rings. The molecule has 0 unspecified atom stereocenters. The zero-order valence-corrected chi connectivity index (χ0v) is 18.2. The molecule has 4 atom stereocenters. The summed E-state index contributed by atoms with van der Waals surface area (Å²) >= 11 is 5.22. The van der Waals surface area contributed by atoms with Crippen molar-refractivity contribution in [3.05, 3.63) is 51.5 Å². The van der Waals surface area contributed by atoms with Gasteiger partial charge in [0.05, 0.1) is 5.92 Å². The Labute approximate surface area is 172 Å². The van der Waals surface area contributed by atoms with Crippen LogP contribution < -0.4 is 0 Å². The number of ether oxygens (including phenoxy) is 1. The highest BCUT2D eigenvalue weighted by atomic mass is 79.9. The predicted octanol–water partition coefficient (Wildman–Crippen LogP) is 5.26. The lowest BCUT2D eigenvalue weighted by atomic mass is 9.62. The first-order valence-corrected chi connectivity index (χ1v) is 11.1. The van der Waals surface area contributed by atoms with Crippen LogP contribution in [0.2, 0.25) is 0 Å². The molecule has 3 aliphatic rings. The average Bonchev–Trinajstić information content (AvgIpc) is 2.93. The molecule has 0 bridgehead atoms. The van der Waals surface area contributed by atoms with Gasteiger partial charge in [-0.2, -0.15) is 0 Å². The van der Waals surface area contributed by atoms with E-state index in [0.717, 1.165) is 34.2 Å². The molecule has 3 nitrogen and oxygen atoms in total. The number of rotatable bonds is 3. The number of hydrogen-bond donors (Lipinski definition) is 0. The SMILES string of the molecule is CC1=C2[C@H]3OC(=O)[C@@H](CSc4ccc(Br)cc4C)[C@@H]3CC[C@@]2(C)C=CC1=O. The van der Waals surface area contributed by atoms with Gasteiger partial charge in [0.25, 0.3) is 0 Å². The van der Waals surface area contributed by atoms with Crippen molar-refractivity contribution in [1.29, 1.82) is 0 Å². The molecule has 142 valence electrons. The maximum absolute atomic E-state index is 12.7. The van der Waals surface area contributed by atoms with Crippen LogP contribution in [-0.4, -0.2) is 23.6 Å². The van der Waals surface area contributed by atoms with Crippen molar-refractivity contribution >= 4 is 39.4 Å². The molecule has 0 radical (unpaired) electrons. The molecule has 0 N–H and O–H groups in total. The van der Waals surface area contributed by atoms with Gasteiger partial charge in [-0.05, 0) is 62.1 Å². The molecule has 1 aliphatic heterocycles. The van der Waals surface area contributed by atoms with E-state index in [9.17, 15) is 9.59 Å². The summed E-state index contributed by atoms with van der Waals surface area (Å²) in [4.78, 5) is 26.1. The summed E-state index contributed by atoms with van der Waals surface area (Å²) < 4.78 is 6.93. The topological polar surface area (TPSA) is 43.4 Å². The fraction of sp³-hybridized carbons (Fsp3) is 0.455. The van der Waals surface area contributed by atoms with Gasteiger partial charge in [0.2, 0.25) is 0 Å². The second kappa shape index (κ2) is 6.93. The summed E-state index contributed by atoms with van der Waals surface area (Å²) in [7, 11) is 0. The number of benzene rings is 1. The van der Waals surface area contributed by atoms with Crippen LogP contribution in [0.4, 0.5) is 0 Å². The van der Waals surface area contributed by atoms with Crippen molar-refractivity contribution < 1.29 is 14.3 Å². The van der Waals surface area contributed by atoms with Gasteiger partial charge in [0, 0.05) is 32.0 Å². The Morgan fingerprint density at radius 1 is 1.30 bits per heavy atom. The number of thioether (sulfide) groups is 1. The number of carbonyl (C=O) groups is 2. The Hall–Kier alpha value is -1.33. The van der Waals surface area contributed by atoms with Crippen LogP contribution in [0.5, 0.6) is 0 Å². The first-order valence-electron chi connectivity index (χ1n) is 9.34. The van der Waals surface area contributed by atoms with Gasteiger partial charge < -0.3 is 4.74 Å². The normalized spacial score (nSPS) is 32.4. The van der Waals surface area contributed by atoms with Gasteiger partial charge >= 0.3 is 5.97 Å². The zero-order chi connectivity index (χ0) is 19.3. The summed E-state index contributed by atoms with van der Waals surface area (Å²) in [6.07, 6.45) is 5.35. The van der Waals surface area contributed by atoms with Crippen LogP contribution in [0, 0.1) is 24.2 Å². The minimum absolute atomic E-state index is 0.0440. The van der Waals surface area contributed by atoms with Crippen LogP contribution in [-0.2, 0) is 14.3 Å². The molecule has 1 heterocycles. The molecule has 1 aromatic rings. The molecule has 2 aliphatic carbocycles. The van der Waals surface area contributed by atoms with E-state index in [4.69, 9.17) is 4.74 Å². The van der Waals surface area contributed by atoms with E-state index < -0.39 is 0 Å². The van der Waals surface area contributed by atoms with E-state index in [0.29, 0.717) is 0 Å². The monoisotopic (exact) mass is 446 g/mol. The van der Waals surface area contributed by atoms with E-state index in [-0.39, 0.29) is 35.1 Å². The third-order valence-corrected chi connectivity index (χ3v) is 8.07. The number of aryl methyl sites for hydroxylation is 1. The van der Waals surface area contributed by atoms with Crippen molar-refractivity contribution in [2.75, 3.05) is 5.75 Å². The second-order valence-corrected chi connectivity index (χ2v) is 10.0. The van der Waals surface area contributed by atoms with Gasteiger partial charge in [0.15, 0.2) is 5.78 Å². The molecule has 0 aromatic heterocycles. The highest BCUT2D eigenvalue weighted by molar-refractivity contribution is 9.10. The number of ketones is 1. The summed E-state index contributed by atoms with van der Waals surface area (Å²) in [6, 6.07) is 6.22. The van der Waals surface area contributed by atoms with Crippen LogP contribution >= 0.6 is 27.7 Å². The third kappa shape index (κ3) is 3.23. The summed E-state index contributed by atoms with van der Waals surface area (Å²) in [5.41, 5.74) is 2.84. The standard InChI is InChI=1S/C22H23BrO3S/c1-12-10-14(23)4-5-18(12)27-11-16-15-6-8-22(3)9-7-17(24)13(2)19(22)20(15)26-21(16)25/h4-5,7,9-10,15-16,20H,6,8,11H2,1-3H3/t15-,16-,20-,22-/m0/s1. The maximum atomic E-state index is 12.7. The van der Waals surface area contributed by atoms with Crippen LogP contribution in [0.3, 0.4) is 0 Å². The fourth-order valence-electron chi connectivity index (χ4n) is 4.72. The summed E-state index contributed by atoms with van der Waals surface area (Å²) in [5, 5.41) is 0. The number of halogens is 1. The molecule has 5 heteroatoms. The predicted molar refractivity (Wildman–Crippen MR) is 111 cm³/mol. The van der Waals surface area contributed by atoms with E-state index >= 15 is 0 Å². The lowest BCUT2D eigenvalue weighted by molar-refractivity contribution is -0.143. The van der Waals surface area contributed by atoms with E-state index in [1.165, 1.54) is 10.5 Å². The van der Waals surface area contributed by atoms with Gasteiger partial charge in [-0.1, -0.05) is 28.9 Å². The molecule has 1 saturated carbocycles. The van der Waals surface area contributed by atoms with E-state index in [1.54, 1.807) is 17.8 Å². The highest BCUT2D eigenvalue weighted by Crippen LogP contribution is 2.53. The number of carbonyl (C=O) groups excluding carboxylic acids is 2. The van der Waals surface area contributed by atoms with Crippen molar-refractivity contribution in [2.45, 2.75) is 44.6 Å². The van der Waals surface area contributed by atoms with Crippen molar-refractivity contribution in [3.63, 3.8) is 0 Å². The highest BCUT2D eigenvalue weighted by Gasteiger charge is 2.54. The largest absolute Gasteiger partial charge is 0.457 e. The van der Waals surface area contributed by atoms with Crippen LogP contribution in [0.15, 0.2) is 50.9 Å². The first kappa shape index (κ1) is 19.0. The first-order chi connectivity index (χ1) is 12.8. The lowest BCUT2D eigenvalue weighted by Gasteiger charge is -2.43. The Kier molecular flexibility index (Phi) is 4.88. The summed E-state index contributed by atoms with van der Waals surface area (Å²) in [5.74, 6) is 0.697. The Bertz CT molecular complexity index is 888. The number of allylic oxidation sites excluding steroid dienone is 3. The molecule has 1 saturated heterocycles. The summed E-state index contributed by atoms with van der Waals surface area (Å²) in [6.45, 7) is 6.12. The zero-order valence-electron chi connectivity index (χ0n) is 15.8. The maximum Gasteiger partial charge on any atom is 0.310 e. The van der Waals surface area contributed by atoms with Gasteiger partial charge in [-0.25, -0.2) is 0 Å². The minimum Gasteiger partial charge on any atom is -0.457 e. The van der Waals surface area contributed by atoms with Crippen molar-refractivity contribution in [3.8, 4) is 0 Å². The quantitative estimate of drug-likeness (QED) is 0.468. The van der Waals surface area contributed by atoms with E-state index in [1.807, 2.05) is 19.1 Å². The van der Waals surface area contributed by atoms with E-state index in [2.05, 4.69) is 41.9 Å². The molecule has 4 rings (SSSR count). The third-order valence-electron chi connectivity index (χ3n) is 6.28. The van der Waals surface area contributed by atoms with Crippen LogP contribution in [0.25, 0.3) is 0 Å². The second-order valence-electron chi connectivity index (χ2n) is 8.04. The fourth-order valence-corrected chi connectivity index (χ4v) is 6.38. The lowest BCUT2D eigenvalue weighted by Crippen LogP contribution is -2.40. The molecule has 1 aromatic carbocycles. The van der Waals surface area contributed by atoms with Crippen molar-refractivity contribution in [2.24, 2.45) is 17.3 Å².